The maximum absolute atomic E-state index is 6.62. The van der Waals surface area contributed by atoms with Crippen molar-refractivity contribution in [1.82, 2.24) is 14.8 Å². The molecule has 0 amide bonds. The van der Waals surface area contributed by atoms with Gasteiger partial charge in [0.2, 0.25) is 0 Å². The topological polar surface area (TPSA) is 56.7 Å². The Morgan fingerprint density at radius 2 is 2.18 bits per heavy atom. The van der Waals surface area contributed by atoms with Gasteiger partial charge in [-0.1, -0.05) is 19.8 Å². The number of hydrogen-bond donors (Lipinski definition) is 1. The molecule has 1 fully saturated rings. The molecule has 0 spiro atoms. The second-order valence-electron chi connectivity index (χ2n) is 5.91. The van der Waals surface area contributed by atoms with Gasteiger partial charge in [-0.05, 0) is 31.6 Å². The first kappa shape index (κ1) is 11.2. The van der Waals surface area contributed by atoms with Crippen LogP contribution in [0.15, 0.2) is 0 Å². The van der Waals surface area contributed by atoms with Gasteiger partial charge in [0.15, 0.2) is 5.82 Å². The quantitative estimate of drug-likeness (QED) is 0.808. The largest absolute Gasteiger partial charge is 0.319 e. The molecule has 0 aromatic carbocycles. The molecule has 1 aliphatic heterocycles. The van der Waals surface area contributed by atoms with Gasteiger partial charge in [-0.3, -0.25) is 0 Å². The van der Waals surface area contributed by atoms with Crippen molar-refractivity contribution in [3.05, 3.63) is 11.6 Å². The summed E-state index contributed by atoms with van der Waals surface area (Å²) in [5, 5.41) is 8.75. The Balaban J connectivity index is 1.94. The summed E-state index contributed by atoms with van der Waals surface area (Å²) in [5.74, 6) is 2.92. The molecule has 1 aromatic heterocycles. The van der Waals surface area contributed by atoms with E-state index in [1.54, 1.807) is 0 Å². The summed E-state index contributed by atoms with van der Waals surface area (Å²) >= 11 is 0. The Morgan fingerprint density at radius 1 is 1.29 bits per heavy atom. The van der Waals surface area contributed by atoms with E-state index in [0.29, 0.717) is 5.92 Å². The van der Waals surface area contributed by atoms with Gasteiger partial charge >= 0.3 is 0 Å². The third-order valence-corrected chi connectivity index (χ3v) is 4.34. The third kappa shape index (κ3) is 1.88. The van der Waals surface area contributed by atoms with Crippen LogP contribution >= 0.6 is 0 Å². The normalized spacial score (nSPS) is 33.4. The van der Waals surface area contributed by atoms with E-state index in [1.165, 1.54) is 25.7 Å². The number of aromatic nitrogens is 3. The zero-order chi connectivity index (χ0) is 11.9. The van der Waals surface area contributed by atoms with Crippen LogP contribution in [-0.4, -0.2) is 14.8 Å². The summed E-state index contributed by atoms with van der Waals surface area (Å²) in [4.78, 5) is 0. The van der Waals surface area contributed by atoms with E-state index in [-0.39, 0.29) is 5.54 Å². The van der Waals surface area contributed by atoms with E-state index in [2.05, 4.69) is 21.7 Å². The van der Waals surface area contributed by atoms with E-state index in [4.69, 9.17) is 5.73 Å². The smallest absolute Gasteiger partial charge is 0.153 e. The van der Waals surface area contributed by atoms with Gasteiger partial charge in [0.25, 0.3) is 0 Å². The fraction of sp³-hybridized carbons (Fsp3) is 0.846. The molecule has 2 atom stereocenters. The minimum absolute atomic E-state index is 0.222. The van der Waals surface area contributed by atoms with Gasteiger partial charge < -0.3 is 10.3 Å². The zero-order valence-corrected chi connectivity index (χ0v) is 10.7. The van der Waals surface area contributed by atoms with Crippen LogP contribution in [0.2, 0.25) is 0 Å². The number of nitrogens with two attached hydrogens (primary N) is 1. The molecule has 1 aromatic rings. The molecule has 2 N–H and O–H groups in total. The summed E-state index contributed by atoms with van der Waals surface area (Å²) in [7, 11) is 0. The highest BCUT2D eigenvalue weighted by Gasteiger charge is 2.37. The van der Waals surface area contributed by atoms with Crippen LogP contribution in [0, 0.1) is 5.92 Å². The van der Waals surface area contributed by atoms with Crippen LogP contribution in [0.1, 0.15) is 57.1 Å². The van der Waals surface area contributed by atoms with Crippen molar-refractivity contribution < 1.29 is 0 Å². The molecule has 0 saturated heterocycles. The zero-order valence-electron chi connectivity index (χ0n) is 10.7. The lowest BCUT2D eigenvalue weighted by atomic mass is 9.76. The Hall–Kier alpha value is -0.900. The number of rotatable bonds is 1. The molecule has 4 nitrogen and oxygen atoms in total. The maximum atomic E-state index is 6.62. The van der Waals surface area contributed by atoms with Gasteiger partial charge in [-0.25, -0.2) is 0 Å². The Morgan fingerprint density at radius 3 is 3.00 bits per heavy atom. The van der Waals surface area contributed by atoms with Gasteiger partial charge in [0.05, 0.1) is 5.54 Å². The van der Waals surface area contributed by atoms with Crippen LogP contribution in [0.5, 0.6) is 0 Å². The van der Waals surface area contributed by atoms with Crippen molar-refractivity contribution in [3.8, 4) is 0 Å². The van der Waals surface area contributed by atoms with Gasteiger partial charge in [0.1, 0.15) is 5.82 Å². The summed E-state index contributed by atoms with van der Waals surface area (Å²) in [5.41, 5.74) is 6.39. The molecule has 2 heterocycles. The van der Waals surface area contributed by atoms with Gasteiger partial charge in [0, 0.05) is 13.0 Å². The highest BCUT2D eigenvalue weighted by atomic mass is 15.3. The van der Waals surface area contributed by atoms with Crippen LogP contribution in [-0.2, 0) is 18.5 Å². The summed E-state index contributed by atoms with van der Waals surface area (Å²) in [6.45, 7) is 3.36. The maximum Gasteiger partial charge on any atom is 0.153 e. The van der Waals surface area contributed by atoms with Crippen LogP contribution in [0.3, 0.4) is 0 Å². The highest BCUT2D eigenvalue weighted by molar-refractivity contribution is 5.11. The first-order valence-electron chi connectivity index (χ1n) is 6.90. The molecule has 0 radical (unpaired) electrons. The SMILES string of the molecule is CC1CCCC(N)(c2nnc3n2CCCC3)C1. The third-order valence-electron chi connectivity index (χ3n) is 4.34. The summed E-state index contributed by atoms with van der Waals surface area (Å²) in [6, 6.07) is 0. The van der Waals surface area contributed by atoms with E-state index < -0.39 is 0 Å². The van der Waals surface area contributed by atoms with E-state index in [1.807, 2.05) is 0 Å². The molecular weight excluding hydrogens is 212 g/mol. The number of hydrogen-bond acceptors (Lipinski definition) is 3. The fourth-order valence-electron chi connectivity index (χ4n) is 3.47. The lowest BCUT2D eigenvalue weighted by Gasteiger charge is -2.36. The first-order valence-corrected chi connectivity index (χ1v) is 6.90. The molecule has 2 unspecified atom stereocenters. The lowest BCUT2D eigenvalue weighted by molar-refractivity contribution is 0.219. The van der Waals surface area contributed by atoms with Crippen LogP contribution in [0.25, 0.3) is 0 Å². The number of fused-ring (bicyclic) bond motifs is 1. The molecule has 94 valence electrons. The predicted octanol–water partition coefficient (Wildman–Crippen LogP) is 1.98. The van der Waals surface area contributed by atoms with Crippen molar-refractivity contribution in [2.24, 2.45) is 11.7 Å². The molecule has 4 heteroatoms. The molecule has 1 aliphatic carbocycles. The molecule has 2 aliphatic rings. The van der Waals surface area contributed by atoms with E-state index in [9.17, 15) is 0 Å². The Bertz CT molecular complexity index is 412. The summed E-state index contributed by atoms with van der Waals surface area (Å²) in [6.07, 6.45) is 8.20. The second kappa shape index (κ2) is 4.09. The molecular formula is C13H22N4. The minimum Gasteiger partial charge on any atom is -0.319 e. The minimum atomic E-state index is -0.222. The van der Waals surface area contributed by atoms with Crippen LogP contribution in [0.4, 0.5) is 0 Å². The molecule has 17 heavy (non-hydrogen) atoms. The van der Waals surface area contributed by atoms with Crippen molar-refractivity contribution in [2.45, 2.75) is 64.0 Å². The Labute approximate surface area is 103 Å². The molecule has 1 saturated carbocycles. The summed E-state index contributed by atoms with van der Waals surface area (Å²) < 4.78 is 2.29. The number of nitrogens with zero attached hydrogens (tertiary/aromatic N) is 3. The molecule has 3 rings (SSSR count). The predicted molar refractivity (Wildman–Crippen MR) is 66.5 cm³/mol. The average molecular weight is 234 g/mol. The fourth-order valence-corrected chi connectivity index (χ4v) is 3.47. The van der Waals surface area contributed by atoms with E-state index >= 15 is 0 Å². The van der Waals surface area contributed by atoms with Gasteiger partial charge in [-0.15, -0.1) is 10.2 Å². The monoisotopic (exact) mass is 234 g/mol. The highest BCUT2D eigenvalue weighted by Crippen LogP contribution is 2.37. The first-order chi connectivity index (χ1) is 8.19. The van der Waals surface area contributed by atoms with Crippen molar-refractivity contribution in [2.75, 3.05) is 0 Å². The van der Waals surface area contributed by atoms with E-state index in [0.717, 1.165) is 37.5 Å². The Kier molecular flexibility index (Phi) is 2.69. The average Bonchev–Trinajstić information content (AvgIpc) is 2.72. The van der Waals surface area contributed by atoms with Crippen molar-refractivity contribution in [1.29, 1.82) is 0 Å². The number of aryl methyl sites for hydroxylation is 1. The molecule has 0 bridgehead atoms. The van der Waals surface area contributed by atoms with Crippen molar-refractivity contribution in [3.63, 3.8) is 0 Å². The van der Waals surface area contributed by atoms with Gasteiger partial charge in [-0.2, -0.15) is 0 Å². The standard InChI is InChI=1S/C13H22N4/c1-10-5-4-7-13(14,9-10)12-16-15-11-6-2-3-8-17(11)12/h10H,2-9,14H2,1H3. The van der Waals surface area contributed by atoms with Crippen LogP contribution < -0.4 is 5.73 Å². The van der Waals surface area contributed by atoms with Crippen molar-refractivity contribution >= 4 is 0 Å². The lowest BCUT2D eigenvalue weighted by Crippen LogP contribution is -2.43. The second-order valence-corrected chi connectivity index (χ2v) is 5.91.